The number of halogens is 3. The summed E-state index contributed by atoms with van der Waals surface area (Å²) in [6.07, 6.45) is 1.77. The van der Waals surface area contributed by atoms with Crippen molar-refractivity contribution < 1.29 is 23.1 Å². The topological polar surface area (TPSA) is 61.4 Å². The van der Waals surface area contributed by atoms with Crippen molar-refractivity contribution in [1.29, 1.82) is 0 Å². The van der Waals surface area contributed by atoms with E-state index < -0.39 is 34.7 Å². The van der Waals surface area contributed by atoms with Gasteiger partial charge in [0, 0.05) is 0 Å². The van der Waals surface area contributed by atoms with Gasteiger partial charge < -0.3 is 15.7 Å². The lowest BCUT2D eigenvalue weighted by Crippen LogP contribution is -2.52. The Bertz CT molecular complexity index is 535. The third-order valence-electron chi connectivity index (χ3n) is 3.49. The maximum Gasteiger partial charge on any atom is 0.319 e. The summed E-state index contributed by atoms with van der Waals surface area (Å²) in [6, 6.07) is 0.874. The number of carbonyl (C=O) groups excluding carboxylic acids is 1. The highest BCUT2D eigenvalue weighted by Gasteiger charge is 2.42. The van der Waals surface area contributed by atoms with Crippen LogP contribution in [0.15, 0.2) is 12.1 Å². The van der Waals surface area contributed by atoms with Gasteiger partial charge in [0.05, 0.1) is 17.8 Å². The van der Waals surface area contributed by atoms with Gasteiger partial charge in [-0.3, -0.25) is 0 Å². The van der Waals surface area contributed by atoms with Crippen molar-refractivity contribution in [2.45, 2.75) is 25.3 Å². The largest absolute Gasteiger partial charge is 0.394 e. The number of nitrogens with one attached hydrogen (secondary N) is 2. The van der Waals surface area contributed by atoms with Crippen LogP contribution in [0, 0.1) is 23.4 Å². The second-order valence-electron chi connectivity index (χ2n) is 5.15. The zero-order valence-corrected chi connectivity index (χ0v) is 10.8. The molecule has 0 aliphatic heterocycles. The van der Waals surface area contributed by atoms with Crippen LogP contribution in [-0.2, 0) is 0 Å². The van der Waals surface area contributed by atoms with E-state index in [-0.39, 0.29) is 12.5 Å². The average Bonchev–Trinajstić information content (AvgIpc) is 3.24. The van der Waals surface area contributed by atoms with Crippen molar-refractivity contribution in [1.82, 2.24) is 5.32 Å². The normalized spacial score (nSPS) is 17.4. The monoisotopic (exact) mass is 288 g/mol. The highest BCUT2D eigenvalue weighted by Crippen LogP contribution is 2.39. The molecule has 0 aromatic heterocycles. The number of amides is 2. The van der Waals surface area contributed by atoms with Gasteiger partial charge in [0.1, 0.15) is 0 Å². The first-order valence-electron chi connectivity index (χ1n) is 6.21. The Morgan fingerprint density at radius 1 is 1.35 bits per heavy atom. The van der Waals surface area contributed by atoms with Crippen molar-refractivity contribution in [3.05, 3.63) is 29.6 Å². The number of hydrogen-bond donors (Lipinski definition) is 3. The number of aliphatic hydroxyl groups excluding tert-OH is 1. The lowest BCUT2D eigenvalue weighted by atomic mass is 9.97. The Morgan fingerprint density at radius 3 is 2.55 bits per heavy atom. The standard InChI is InChI=1S/C13H15F3N2O2/c1-13(6-19,7-2-3-7)18-12(20)17-9-5-4-8(14)10(15)11(9)16/h4-5,7,19H,2-3,6H2,1H3,(H2,17,18,20). The lowest BCUT2D eigenvalue weighted by molar-refractivity contribution is 0.159. The molecule has 1 aliphatic carbocycles. The van der Waals surface area contributed by atoms with E-state index in [9.17, 15) is 23.1 Å². The Balaban J connectivity index is 2.06. The molecule has 110 valence electrons. The van der Waals surface area contributed by atoms with Gasteiger partial charge in [-0.1, -0.05) is 0 Å². The van der Waals surface area contributed by atoms with E-state index in [1.165, 1.54) is 0 Å². The van der Waals surface area contributed by atoms with Gasteiger partial charge in [0.25, 0.3) is 0 Å². The molecule has 4 nitrogen and oxygen atoms in total. The van der Waals surface area contributed by atoms with Crippen LogP contribution in [0.1, 0.15) is 19.8 Å². The number of anilines is 1. The zero-order valence-electron chi connectivity index (χ0n) is 10.8. The fourth-order valence-electron chi connectivity index (χ4n) is 2.03. The zero-order chi connectivity index (χ0) is 14.9. The minimum absolute atomic E-state index is 0.160. The van der Waals surface area contributed by atoms with E-state index in [0.29, 0.717) is 0 Å². The minimum atomic E-state index is -1.64. The highest BCUT2D eigenvalue weighted by atomic mass is 19.2. The molecule has 1 aromatic carbocycles. The third kappa shape index (κ3) is 2.87. The van der Waals surface area contributed by atoms with E-state index in [4.69, 9.17) is 0 Å². The maximum atomic E-state index is 13.4. The molecule has 2 amide bonds. The van der Waals surface area contributed by atoms with Gasteiger partial charge in [-0.05, 0) is 37.8 Å². The molecule has 0 spiro atoms. The Hall–Kier alpha value is -1.76. The first kappa shape index (κ1) is 14.6. The number of rotatable bonds is 4. The molecule has 0 heterocycles. The number of urea groups is 1. The van der Waals surface area contributed by atoms with Crippen LogP contribution in [-0.4, -0.2) is 23.3 Å². The van der Waals surface area contributed by atoms with Gasteiger partial charge in [-0.25, -0.2) is 18.0 Å². The number of aliphatic hydroxyl groups is 1. The first-order chi connectivity index (χ1) is 9.37. The van der Waals surface area contributed by atoms with E-state index >= 15 is 0 Å². The summed E-state index contributed by atoms with van der Waals surface area (Å²) in [7, 11) is 0. The Morgan fingerprint density at radius 2 is 2.00 bits per heavy atom. The molecule has 0 saturated heterocycles. The Kier molecular flexibility index (Phi) is 3.89. The second-order valence-corrected chi connectivity index (χ2v) is 5.15. The fourth-order valence-corrected chi connectivity index (χ4v) is 2.03. The molecule has 20 heavy (non-hydrogen) atoms. The lowest BCUT2D eigenvalue weighted by Gasteiger charge is -2.28. The van der Waals surface area contributed by atoms with E-state index in [1.54, 1.807) is 6.92 Å². The van der Waals surface area contributed by atoms with Crippen LogP contribution >= 0.6 is 0 Å². The molecule has 7 heteroatoms. The molecule has 1 saturated carbocycles. The molecule has 0 radical (unpaired) electrons. The summed E-state index contributed by atoms with van der Waals surface area (Å²) < 4.78 is 39.2. The Labute approximate surface area is 114 Å². The number of hydrogen-bond acceptors (Lipinski definition) is 2. The minimum Gasteiger partial charge on any atom is -0.394 e. The predicted molar refractivity (Wildman–Crippen MR) is 66.7 cm³/mol. The van der Waals surface area contributed by atoms with Gasteiger partial charge in [0.15, 0.2) is 17.5 Å². The summed E-state index contributed by atoms with van der Waals surface area (Å²) in [5.41, 5.74) is -1.27. The van der Waals surface area contributed by atoms with Crippen LogP contribution in [0.2, 0.25) is 0 Å². The van der Waals surface area contributed by atoms with Gasteiger partial charge in [-0.15, -0.1) is 0 Å². The molecule has 0 bridgehead atoms. The van der Waals surface area contributed by atoms with Crippen molar-refractivity contribution in [2.75, 3.05) is 11.9 Å². The first-order valence-corrected chi connectivity index (χ1v) is 6.21. The number of carbonyl (C=O) groups is 1. The summed E-state index contributed by atoms with van der Waals surface area (Å²) in [6.45, 7) is 1.41. The van der Waals surface area contributed by atoms with Gasteiger partial charge >= 0.3 is 6.03 Å². The molecular formula is C13H15F3N2O2. The smallest absolute Gasteiger partial charge is 0.319 e. The maximum absolute atomic E-state index is 13.4. The van der Waals surface area contributed by atoms with Crippen molar-refractivity contribution in [3.63, 3.8) is 0 Å². The average molecular weight is 288 g/mol. The summed E-state index contributed by atoms with van der Waals surface area (Å²) in [5.74, 6) is -4.27. The van der Waals surface area contributed by atoms with Crippen LogP contribution in [0.25, 0.3) is 0 Å². The van der Waals surface area contributed by atoms with E-state index in [0.717, 1.165) is 25.0 Å². The van der Waals surface area contributed by atoms with Crippen LogP contribution < -0.4 is 10.6 Å². The van der Waals surface area contributed by atoms with Crippen molar-refractivity contribution in [2.24, 2.45) is 5.92 Å². The summed E-state index contributed by atoms with van der Waals surface area (Å²) in [4.78, 5) is 11.8. The molecule has 1 atom stereocenters. The fraction of sp³-hybridized carbons (Fsp3) is 0.462. The van der Waals surface area contributed by atoms with Crippen LogP contribution in [0.3, 0.4) is 0 Å². The van der Waals surface area contributed by atoms with Gasteiger partial charge in [0.2, 0.25) is 0 Å². The molecule has 1 aliphatic rings. The molecular weight excluding hydrogens is 273 g/mol. The third-order valence-corrected chi connectivity index (χ3v) is 3.49. The molecule has 1 fully saturated rings. The molecule has 1 unspecified atom stereocenters. The van der Waals surface area contributed by atoms with Crippen LogP contribution in [0.4, 0.5) is 23.7 Å². The van der Waals surface area contributed by atoms with Crippen LogP contribution in [0.5, 0.6) is 0 Å². The predicted octanol–water partition coefficient (Wildman–Crippen LogP) is 2.39. The van der Waals surface area contributed by atoms with Crippen molar-refractivity contribution in [3.8, 4) is 0 Å². The van der Waals surface area contributed by atoms with E-state index in [1.807, 2.05) is 0 Å². The van der Waals surface area contributed by atoms with Crippen molar-refractivity contribution >= 4 is 11.7 Å². The summed E-state index contributed by atoms with van der Waals surface area (Å²) in [5, 5.41) is 14.0. The number of benzene rings is 1. The van der Waals surface area contributed by atoms with E-state index in [2.05, 4.69) is 10.6 Å². The quantitative estimate of drug-likeness (QED) is 0.745. The molecule has 1 aromatic rings. The SMILES string of the molecule is CC(CO)(NC(=O)Nc1ccc(F)c(F)c1F)C1CC1. The highest BCUT2D eigenvalue weighted by molar-refractivity contribution is 5.90. The molecule has 2 rings (SSSR count). The van der Waals surface area contributed by atoms with Gasteiger partial charge in [-0.2, -0.15) is 0 Å². The summed E-state index contributed by atoms with van der Waals surface area (Å²) >= 11 is 0. The molecule has 3 N–H and O–H groups in total. The second kappa shape index (κ2) is 5.32.